The molecular formula is C14H12N2O2S. The molecule has 2 heterocycles. The molecule has 4 nitrogen and oxygen atoms in total. The highest BCUT2D eigenvalue weighted by Crippen LogP contribution is 2.22. The second-order valence-corrected chi connectivity index (χ2v) is 4.89. The largest absolute Gasteiger partial charge is 0.462 e. The Bertz CT molecular complexity index is 684. The van der Waals surface area contributed by atoms with Gasteiger partial charge in [0.1, 0.15) is 0 Å². The van der Waals surface area contributed by atoms with Crippen molar-refractivity contribution in [1.82, 2.24) is 9.38 Å². The predicted octanol–water partition coefficient (Wildman–Crippen LogP) is 3.24. The summed E-state index contributed by atoms with van der Waals surface area (Å²) in [6.07, 6.45) is 3.95. The molecule has 96 valence electrons. The van der Waals surface area contributed by atoms with Gasteiger partial charge in [0.05, 0.1) is 17.9 Å². The van der Waals surface area contributed by atoms with Gasteiger partial charge in [-0.1, -0.05) is 12.1 Å². The summed E-state index contributed by atoms with van der Waals surface area (Å²) >= 11 is 1.60. The third-order valence-electron chi connectivity index (χ3n) is 2.79. The fourth-order valence-corrected chi connectivity index (χ4v) is 2.56. The van der Waals surface area contributed by atoms with E-state index in [-0.39, 0.29) is 5.97 Å². The van der Waals surface area contributed by atoms with Crippen LogP contribution in [-0.2, 0) is 4.74 Å². The molecule has 0 amide bonds. The average Bonchev–Trinajstić information content (AvgIpc) is 3.00. The number of hydrogen-bond acceptors (Lipinski definition) is 4. The molecule has 0 bridgehead atoms. The zero-order valence-electron chi connectivity index (χ0n) is 10.4. The predicted molar refractivity (Wildman–Crippen MR) is 74.5 cm³/mol. The second-order valence-electron chi connectivity index (χ2n) is 4.02. The summed E-state index contributed by atoms with van der Waals surface area (Å²) in [5.41, 5.74) is 2.46. The molecule has 3 rings (SSSR count). The van der Waals surface area contributed by atoms with E-state index in [2.05, 4.69) is 4.98 Å². The number of benzene rings is 1. The maximum atomic E-state index is 11.6. The molecule has 0 N–H and O–H groups in total. The quantitative estimate of drug-likeness (QED) is 0.687. The first kappa shape index (κ1) is 11.9. The first-order valence-electron chi connectivity index (χ1n) is 5.97. The number of rotatable bonds is 3. The molecule has 19 heavy (non-hydrogen) atoms. The number of nitrogens with zero attached hydrogens (tertiary/aromatic N) is 2. The van der Waals surface area contributed by atoms with E-state index in [4.69, 9.17) is 4.74 Å². The van der Waals surface area contributed by atoms with Gasteiger partial charge in [0.2, 0.25) is 0 Å². The zero-order chi connectivity index (χ0) is 13.2. The van der Waals surface area contributed by atoms with Crippen molar-refractivity contribution in [2.24, 2.45) is 0 Å². The SMILES string of the molecule is CCOC(=O)c1ccc(-c2cn3ccsc3n2)cc1. The standard InChI is InChI=1S/C14H12N2O2S/c1-2-18-13(17)11-5-3-10(4-6-11)12-9-16-7-8-19-14(16)15-12/h3-9H,2H2,1H3. The van der Waals surface area contributed by atoms with Crippen LogP contribution in [0.5, 0.6) is 0 Å². The molecule has 3 aromatic rings. The molecule has 2 aromatic heterocycles. The summed E-state index contributed by atoms with van der Waals surface area (Å²) in [7, 11) is 0. The molecule has 0 atom stereocenters. The van der Waals surface area contributed by atoms with Crippen molar-refractivity contribution in [2.45, 2.75) is 6.92 Å². The fraction of sp³-hybridized carbons (Fsp3) is 0.143. The van der Waals surface area contributed by atoms with Crippen molar-refractivity contribution in [2.75, 3.05) is 6.61 Å². The van der Waals surface area contributed by atoms with Crippen LogP contribution in [0.15, 0.2) is 42.0 Å². The highest BCUT2D eigenvalue weighted by atomic mass is 32.1. The number of fused-ring (bicyclic) bond motifs is 1. The molecule has 0 radical (unpaired) electrons. The maximum Gasteiger partial charge on any atom is 0.338 e. The molecule has 0 fully saturated rings. The molecule has 0 saturated heterocycles. The van der Waals surface area contributed by atoms with Crippen molar-refractivity contribution in [3.05, 3.63) is 47.6 Å². The van der Waals surface area contributed by atoms with E-state index in [1.165, 1.54) is 0 Å². The van der Waals surface area contributed by atoms with Gasteiger partial charge in [-0.2, -0.15) is 0 Å². The summed E-state index contributed by atoms with van der Waals surface area (Å²) in [4.78, 5) is 17.0. The van der Waals surface area contributed by atoms with Crippen LogP contribution in [0.4, 0.5) is 0 Å². The number of esters is 1. The lowest BCUT2D eigenvalue weighted by Gasteiger charge is -2.02. The Morgan fingerprint density at radius 2 is 2.16 bits per heavy atom. The van der Waals surface area contributed by atoms with Crippen molar-refractivity contribution in [3.63, 3.8) is 0 Å². The van der Waals surface area contributed by atoms with Crippen LogP contribution >= 0.6 is 11.3 Å². The van der Waals surface area contributed by atoms with E-state index < -0.39 is 0 Å². The maximum absolute atomic E-state index is 11.6. The Kier molecular flexibility index (Phi) is 3.05. The normalized spacial score (nSPS) is 10.8. The summed E-state index contributed by atoms with van der Waals surface area (Å²) in [5, 5.41) is 2.00. The third kappa shape index (κ3) is 2.24. The Morgan fingerprint density at radius 3 is 2.84 bits per heavy atom. The van der Waals surface area contributed by atoms with E-state index >= 15 is 0 Å². The monoisotopic (exact) mass is 272 g/mol. The lowest BCUT2D eigenvalue weighted by Crippen LogP contribution is -2.03. The topological polar surface area (TPSA) is 43.6 Å². The van der Waals surface area contributed by atoms with E-state index in [9.17, 15) is 4.79 Å². The summed E-state index contributed by atoms with van der Waals surface area (Å²) in [5.74, 6) is -0.292. The second kappa shape index (κ2) is 4.85. The molecule has 0 unspecified atom stereocenters. The summed E-state index contributed by atoms with van der Waals surface area (Å²) in [6.45, 7) is 2.18. The Balaban J connectivity index is 1.90. The lowest BCUT2D eigenvalue weighted by molar-refractivity contribution is 0.0526. The van der Waals surface area contributed by atoms with Crippen molar-refractivity contribution in [1.29, 1.82) is 0 Å². The van der Waals surface area contributed by atoms with Gasteiger partial charge in [0.15, 0.2) is 4.96 Å². The summed E-state index contributed by atoms with van der Waals surface area (Å²) < 4.78 is 6.94. The van der Waals surface area contributed by atoms with Crippen LogP contribution in [0.25, 0.3) is 16.2 Å². The average molecular weight is 272 g/mol. The van der Waals surface area contributed by atoms with Crippen LogP contribution in [0.2, 0.25) is 0 Å². The molecular weight excluding hydrogens is 260 g/mol. The van der Waals surface area contributed by atoms with E-state index in [1.807, 2.05) is 34.3 Å². The van der Waals surface area contributed by atoms with Gasteiger partial charge in [-0.25, -0.2) is 9.78 Å². The number of carbonyl (C=O) groups is 1. The number of aromatic nitrogens is 2. The van der Waals surface area contributed by atoms with Crippen LogP contribution in [-0.4, -0.2) is 22.0 Å². The summed E-state index contributed by atoms with van der Waals surface area (Å²) in [6, 6.07) is 7.30. The van der Waals surface area contributed by atoms with Gasteiger partial charge < -0.3 is 4.74 Å². The number of carbonyl (C=O) groups excluding carboxylic acids is 1. The van der Waals surface area contributed by atoms with Gasteiger partial charge in [-0.15, -0.1) is 11.3 Å². The highest BCUT2D eigenvalue weighted by molar-refractivity contribution is 7.15. The van der Waals surface area contributed by atoms with Gasteiger partial charge in [-0.05, 0) is 19.1 Å². The number of hydrogen-bond donors (Lipinski definition) is 0. The van der Waals surface area contributed by atoms with E-state index in [0.717, 1.165) is 16.2 Å². The zero-order valence-corrected chi connectivity index (χ0v) is 11.2. The fourth-order valence-electron chi connectivity index (χ4n) is 1.86. The molecule has 0 aliphatic carbocycles. The van der Waals surface area contributed by atoms with Gasteiger partial charge in [0.25, 0.3) is 0 Å². The van der Waals surface area contributed by atoms with E-state index in [1.54, 1.807) is 30.4 Å². The van der Waals surface area contributed by atoms with Crippen LogP contribution < -0.4 is 0 Å². The third-order valence-corrected chi connectivity index (χ3v) is 3.56. The Morgan fingerprint density at radius 1 is 1.37 bits per heavy atom. The highest BCUT2D eigenvalue weighted by Gasteiger charge is 2.08. The van der Waals surface area contributed by atoms with Gasteiger partial charge in [-0.3, -0.25) is 4.40 Å². The molecule has 1 aromatic carbocycles. The first-order chi connectivity index (χ1) is 9.28. The minimum Gasteiger partial charge on any atom is -0.462 e. The number of imidazole rings is 1. The minimum atomic E-state index is -0.292. The van der Waals surface area contributed by atoms with Crippen molar-refractivity contribution < 1.29 is 9.53 Å². The minimum absolute atomic E-state index is 0.292. The van der Waals surface area contributed by atoms with Gasteiger partial charge in [0, 0.05) is 23.3 Å². The van der Waals surface area contributed by atoms with Crippen LogP contribution in [0.3, 0.4) is 0 Å². The Labute approximate surface area is 114 Å². The molecule has 0 saturated carbocycles. The van der Waals surface area contributed by atoms with Gasteiger partial charge >= 0.3 is 5.97 Å². The Hall–Kier alpha value is -2.14. The molecule has 5 heteroatoms. The number of thiazole rings is 1. The number of ether oxygens (including phenoxy) is 1. The smallest absolute Gasteiger partial charge is 0.338 e. The van der Waals surface area contributed by atoms with Crippen molar-refractivity contribution >= 4 is 22.3 Å². The molecule has 0 aliphatic heterocycles. The first-order valence-corrected chi connectivity index (χ1v) is 6.85. The molecule has 0 spiro atoms. The van der Waals surface area contributed by atoms with Crippen LogP contribution in [0, 0.1) is 0 Å². The van der Waals surface area contributed by atoms with Crippen LogP contribution in [0.1, 0.15) is 17.3 Å². The molecule has 0 aliphatic rings. The lowest BCUT2D eigenvalue weighted by atomic mass is 10.1. The van der Waals surface area contributed by atoms with Crippen molar-refractivity contribution in [3.8, 4) is 11.3 Å². The van der Waals surface area contributed by atoms with E-state index in [0.29, 0.717) is 12.2 Å².